The molecule has 0 aromatic heterocycles. The summed E-state index contributed by atoms with van der Waals surface area (Å²) in [6, 6.07) is 3.93. The number of hydrogen-bond acceptors (Lipinski definition) is 5. The number of benzene rings is 1. The van der Waals surface area contributed by atoms with Gasteiger partial charge >= 0.3 is 0 Å². The molecule has 1 rings (SSSR count). The number of halogens is 1. The molecule has 21 heavy (non-hydrogen) atoms. The normalized spacial score (nSPS) is 12.2. The maximum Gasteiger partial charge on any atom is 0.175 e. The summed E-state index contributed by atoms with van der Waals surface area (Å²) < 4.78 is 16.7. The van der Waals surface area contributed by atoms with Crippen molar-refractivity contribution in [3.05, 3.63) is 22.2 Å². The monoisotopic (exact) mass is 361 g/mol. The predicted molar refractivity (Wildman–Crippen MR) is 86.1 cm³/mol. The molecule has 0 fully saturated rings. The van der Waals surface area contributed by atoms with Gasteiger partial charge in [0.15, 0.2) is 11.5 Å². The van der Waals surface area contributed by atoms with Gasteiger partial charge in [0, 0.05) is 13.7 Å². The maximum atomic E-state index is 9.65. The molecule has 0 aliphatic carbocycles. The predicted octanol–water partition coefficient (Wildman–Crippen LogP) is 2.34. The lowest BCUT2D eigenvalue weighted by Crippen LogP contribution is -2.23. The minimum absolute atomic E-state index is 0.149. The highest BCUT2D eigenvalue weighted by molar-refractivity contribution is 9.10. The van der Waals surface area contributed by atoms with E-state index >= 15 is 0 Å². The highest BCUT2D eigenvalue weighted by atomic mass is 79.9. The first-order valence-electron chi connectivity index (χ1n) is 6.99. The first-order valence-corrected chi connectivity index (χ1v) is 7.78. The molecule has 2 N–H and O–H groups in total. The zero-order chi connectivity index (χ0) is 15.7. The number of aliphatic hydroxyl groups is 1. The van der Waals surface area contributed by atoms with Gasteiger partial charge in [0.2, 0.25) is 0 Å². The molecule has 1 aromatic carbocycles. The first kappa shape index (κ1) is 18.2. The molecular formula is C15H24BrNO4. The number of hydrogen-bond donors (Lipinski definition) is 2. The van der Waals surface area contributed by atoms with Crippen LogP contribution >= 0.6 is 15.9 Å². The van der Waals surface area contributed by atoms with Crippen molar-refractivity contribution in [3.8, 4) is 11.5 Å². The lowest BCUT2D eigenvalue weighted by atomic mass is 10.2. The Morgan fingerprint density at radius 1 is 1.29 bits per heavy atom. The van der Waals surface area contributed by atoms with Gasteiger partial charge in [0.25, 0.3) is 0 Å². The van der Waals surface area contributed by atoms with Crippen LogP contribution in [0.15, 0.2) is 16.6 Å². The highest BCUT2D eigenvalue weighted by Gasteiger charge is 2.13. The average Bonchev–Trinajstić information content (AvgIpc) is 2.46. The lowest BCUT2D eigenvalue weighted by Gasteiger charge is -2.16. The molecule has 1 unspecified atom stereocenters. The Kier molecular flexibility index (Phi) is 8.68. The summed E-state index contributed by atoms with van der Waals surface area (Å²) in [5, 5.41) is 13.0. The van der Waals surface area contributed by atoms with Crippen molar-refractivity contribution in [1.29, 1.82) is 0 Å². The molecule has 0 spiro atoms. The summed E-state index contributed by atoms with van der Waals surface area (Å²) in [7, 11) is 3.14. The van der Waals surface area contributed by atoms with Gasteiger partial charge in [-0.1, -0.05) is 6.92 Å². The maximum absolute atomic E-state index is 9.65. The summed E-state index contributed by atoms with van der Waals surface area (Å²) in [6.45, 7) is 4.26. The molecule has 0 amide bonds. The number of aliphatic hydroxyl groups excluding tert-OH is 1. The van der Waals surface area contributed by atoms with E-state index in [1.165, 1.54) is 7.11 Å². The van der Waals surface area contributed by atoms with Crippen LogP contribution in [0, 0.1) is 0 Å². The van der Waals surface area contributed by atoms with E-state index in [-0.39, 0.29) is 13.2 Å². The summed E-state index contributed by atoms with van der Waals surface area (Å²) >= 11 is 3.49. The summed E-state index contributed by atoms with van der Waals surface area (Å²) in [5.74, 6) is 1.23. The zero-order valence-electron chi connectivity index (χ0n) is 12.8. The van der Waals surface area contributed by atoms with Gasteiger partial charge in [-0.25, -0.2) is 0 Å². The van der Waals surface area contributed by atoms with Gasteiger partial charge in [-0.2, -0.15) is 0 Å². The van der Waals surface area contributed by atoms with Crippen LogP contribution < -0.4 is 14.8 Å². The Balaban J connectivity index is 2.74. The molecular weight excluding hydrogens is 338 g/mol. The molecule has 1 aromatic rings. The second-order valence-electron chi connectivity index (χ2n) is 4.71. The molecule has 1 atom stereocenters. The molecule has 5 nitrogen and oxygen atoms in total. The van der Waals surface area contributed by atoms with Crippen LogP contribution in [-0.4, -0.2) is 45.2 Å². The quantitative estimate of drug-likeness (QED) is 0.626. The number of ether oxygens (including phenoxy) is 3. The smallest absolute Gasteiger partial charge is 0.175 e. The Bertz CT molecular complexity index is 428. The van der Waals surface area contributed by atoms with Crippen molar-refractivity contribution in [3.63, 3.8) is 0 Å². The van der Waals surface area contributed by atoms with E-state index in [2.05, 4.69) is 28.2 Å². The minimum Gasteiger partial charge on any atom is -0.493 e. The second-order valence-corrected chi connectivity index (χ2v) is 5.56. The fraction of sp³-hybridized carbons (Fsp3) is 0.600. The van der Waals surface area contributed by atoms with E-state index in [1.807, 2.05) is 12.1 Å². The van der Waals surface area contributed by atoms with E-state index in [9.17, 15) is 5.11 Å². The van der Waals surface area contributed by atoms with Crippen LogP contribution in [0.3, 0.4) is 0 Å². The molecule has 120 valence electrons. The Hall–Kier alpha value is -0.820. The molecule has 0 heterocycles. The van der Waals surface area contributed by atoms with Gasteiger partial charge in [0.1, 0.15) is 12.7 Å². The van der Waals surface area contributed by atoms with E-state index < -0.39 is 6.10 Å². The van der Waals surface area contributed by atoms with Crippen LogP contribution in [0.2, 0.25) is 0 Å². The van der Waals surface area contributed by atoms with Crippen molar-refractivity contribution >= 4 is 15.9 Å². The van der Waals surface area contributed by atoms with Gasteiger partial charge < -0.3 is 24.6 Å². The topological polar surface area (TPSA) is 60.0 Å². The average molecular weight is 362 g/mol. The Morgan fingerprint density at radius 3 is 2.67 bits per heavy atom. The largest absolute Gasteiger partial charge is 0.493 e. The SMILES string of the molecule is CCCNCc1cc(Br)c(OCC(O)COC)c(OC)c1. The highest BCUT2D eigenvalue weighted by Crippen LogP contribution is 2.36. The first-order chi connectivity index (χ1) is 10.1. The summed E-state index contributed by atoms with van der Waals surface area (Å²) in [4.78, 5) is 0. The van der Waals surface area contributed by atoms with Crippen LogP contribution in [0.4, 0.5) is 0 Å². The lowest BCUT2D eigenvalue weighted by molar-refractivity contribution is 0.0317. The number of methoxy groups -OCH3 is 2. The van der Waals surface area contributed by atoms with Gasteiger partial charge in [-0.15, -0.1) is 0 Å². The standard InChI is InChI=1S/C15H24BrNO4/c1-4-5-17-8-11-6-13(16)15(14(7-11)20-3)21-10-12(18)9-19-2/h6-7,12,17-18H,4-5,8-10H2,1-3H3. The van der Waals surface area contributed by atoms with Crippen LogP contribution in [-0.2, 0) is 11.3 Å². The van der Waals surface area contributed by atoms with Crippen molar-refractivity contribution in [2.45, 2.75) is 26.0 Å². The molecule has 0 aliphatic rings. The Morgan fingerprint density at radius 2 is 2.05 bits per heavy atom. The third kappa shape index (κ3) is 6.22. The fourth-order valence-corrected chi connectivity index (χ4v) is 2.45. The minimum atomic E-state index is -0.669. The van der Waals surface area contributed by atoms with Crippen LogP contribution in [0.5, 0.6) is 11.5 Å². The Labute approximate surface area is 134 Å². The molecule has 0 bridgehead atoms. The van der Waals surface area contributed by atoms with Gasteiger partial charge in [-0.05, 0) is 46.6 Å². The molecule has 0 saturated carbocycles. The van der Waals surface area contributed by atoms with Gasteiger partial charge in [-0.3, -0.25) is 0 Å². The molecule has 0 radical (unpaired) electrons. The van der Waals surface area contributed by atoms with Crippen molar-refractivity contribution in [2.75, 3.05) is 34.0 Å². The van der Waals surface area contributed by atoms with E-state index in [0.717, 1.165) is 29.5 Å². The van der Waals surface area contributed by atoms with E-state index in [4.69, 9.17) is 14.2 Å². The van der Waals surface area contributed by atoms with Crippen molar-refractivity contribution in [1.82, 2.24) is 5.32 Å². The van der Waals surface area contributed by atoms with E-state index in [0.29, 0.717) is 11.5 Å². The summed E-state index contributed by atoms with van der Waals surface area (Å²) in [6.07, 6.45) is 0.425. The van der Waals surface area contributed by atoms with Crippen molar-refractivity contribution < 1.29 is 19.3 Å². The molecule has 0 aliphatic heterocycles. The molecule has 6 heteroatoms. The number of nitrogens with one attached hydrogen (secondary N) is 1. The van der Waals surface area contributed by atoms with E-state index in [1.54, 1.807) is 7.11 Å². The molecule has 0 saturated heterocycles. The second kappa shape index (κ2) is 10.00. The van der Waals surface area contributed by atoms with Crippen LogP contribution in [0.1, 0.15) is 18.9 Å². The van der Waals surface area contributed by atoms with Crippen LogP contribution in [0.25, 0.3) is 0 Å². The van der Waals surface area contributed by atoms with Gasteiger partial charge in [0.05, 0.1) is 18.2 Å². The number of rotatable bonds is 10. The summed E-state index contributed by atoms with van der Waals surface area (Å²) in [5.41, 5.74) is 1.11. The fourth-order valence-electron chi connectivity index (χ4n) is 1.84. The van der Waals surface area contributed by atoms with Crippen molar-refractivity contribution in [2.24, 2.45) is 0 Å². The third-order valence-corrected chi connectivity index (χ3v) is 3.41. The zero-order valence-corrected chi connectivity index (χ0v) is 14.4. The third-order valence-electron chi connectivity index (χ3n) is 2.82.